The van der Waals surface area contributed by atoms with Crippen molar-refractivity contribution >= 4 is 11.6 Å². The molecular weight excluding hydrogens is 421 g/mol. The van der Waals surface area contributed by atoms with Crippen molar-refractivity contribution in [3.8, 4) is 17.2 Å². The van der Waals surface area contributed by atoms with E-state index < -0.39 is 11.7 Å². The van der Waals surface area contributed by atoms with Crippen LogP contribution >= 0.6 is 0 Å². The van der Waals surface area contributed by atoms with E-state index in [1.54, 1.807) is 18.6 Å². The molecule has 9 heteroatoms. The number of aryl methyl sites for hydroxylation is 1. The second-order valence-corrected chi connectivity index (χ2v) is 8.57. The molecule has 8 nitrogen and oxygen atoms in total. The van der Waals surface area contributed by atoms with Gasteiger partial charge in [0, 0.05) is 30.0 Å². The molecule has 1 amide bonds. The molecule has 1 N–H and O–H groups in total. The maximum absolute atomic E-state index is 14.6. The number of rotatable bonds is 6. The number of carbonyl (C=O) groups excluding carboxylic acids is 1. The van der Waals surface area contributed by atoms with Crippen LogP contribution in [0.5, 0.6) is 0 Å². The lowest BCUT2D eigenvalue weighted by atomic mass is 10.1. The molecule has 0 spiro atoms. The molecule has 5 rings (SSSR count). The zero-order valence-electron chi connectivity index (χ0n) is 18.7. The third-order valence-electron chi connectivity index (χ3n) is 5.76. The van der Waals surface area contributed by atoms with E-state index in [0.717, 1.165) is 29.9 Å². The van der Waals surface area contributed by atoms with Crippen molar-refractivity contribution in [3.63, 3.8) is 0 Å². The number of halogens is 1. The molecule has 1 aliphatic rings. The van der Waals surface area contributed by atoms with Gasteiger partial charge in [-0.05, 0) is 63.4 Å². The number of anilines is 1. The summed E-state index contributed by atoms with van der Waals surface area (Å²) in [6.07, 6.45) is 7.58. The van der Waals surface area contributed by atoms with Crippen LogP contribution in [0, 0.1) is 12.7 Å². The first-order valence-electron chi connectivity index (χ1n) is 10.9. The third kappa shape index (κ3) is 4.02. The van der Waals surface area contributed by atoms with Gasteiger partial charge in [-0.15, -0.1) is 10.2 Å². The Balaban J connectivity index is 1.44. The predicted octanol–water partition coefficient (Wildman–Crippen LogP) is 4.68. The van der Waals surface area contributed by atoms with Crippen LogP contribution in [0.4, 0.5) is 10.1 Å². The highest BCUT2D eigenvalue weighted by Crippen LogP contribution is 2.40. The highest BCUT2D eigenvalue weighted by molar-refractivity contribution is 6.03. The van der Waals surface area contributed by atoms with E-state index in [-0.39, 0.29) is 11.7 Å². The molecule has 1 aliphatic carbocycles. The average Bonchev–Trinajstić information content (AvgIpc) is 3.31. The Hall–Kier alpha value is -3.88. The van der Waals surface area contributed by atoms with Gasteiger partial charge in [0.2, 0.25) is 0 Å². The van der Waals surface area contributed by atoms with Crippen LogP contribution in [0.3, 0.4) is 0 Å². The lowest BCUT2D eigenvalue weighted by molar-refractivity contribution is 0.101. The number of nitrogens with zero attached hydrogens (tertiary/aromatic N) is 6. The summed E-state index contributed by atoms with van der Waals surface area (Å²) in [6.45, 7) is 5.97. The van der Waals surface area contributed by atoms with Gasteiger partial charge in [0.25, 0.3) is 5.91 Å². The molecular formula is C24H24FN7O. The molecule has 1 aromatic carbocycles. The summed E-state index contributed by atoms with van der Waals surface area (Å²) in [5.41, 5.74) is 2.61. The molecule has 0 bridgehead atoms. The fraction of sp³-hybridized carbons (Fsp3) is 0.292. The van der Waals surface area contributed by atoms with Gasteiger partial charge in [-0.25, -0.2) is 14.4 Å². The largest absolute Gasteiger partial charge is 0.320 e. The van der Waals surface area contributed by atoms with Crippen LogP contribution < -0.4 is 5.32 Å². The van der Waals surface area contributed by atoms with Gasteiger partial charge in [-0.3, -0.25) is 4.79 Å². The topological polar surface area (TPSA) is 90.5 Å². The number of carbonyl (C=O) groups is 1. The second-order valence-electron chi connectivity index (χ2n) is 8.57. The van der Waals surface area contributed by atoms with Crippen LogP contribution in [0.2, 0.25) is 0 Å². The number of hydrogen-bond donors (Lipinski definition) is 1. The Morgan fingerprint density at radius 3 is 2.79 bits per heavy atom. The third-order valence-corrected chi connectivity index (χ3v) is 5.76. The molecule has 4 aromatic rings. The van der Waals surface area contributed by atoms with Crippen LogP contribution in [0.15, 0.2) is 49.1 Å². The minimum absolute atomic E-state index is 0.0915. The van der Waals surface area contributed by atoms with E-state index >= 15 is 0 Å². The van der Waals surface area contributed by atoms with Gasteiger partial charge in [-0.1, -0.05) is 6.07 Å². The Kier molecular flexibility index (Phi) is 5.24. The maximum atomic E-state index is 14.6. The van der Waals surface area contributed by atoms with Gasteiger partial charge in [-0.2, -0.15) is 0 Å². The summed E-state index contributed by atoms with van der Waals surface area (Å²) in [7, 11) is 0. The minimum Gasteiger partial charge on any atom is -0.320 e. The van der Waals surface area contributed by atoms with Gasteiger partial charge in [0.1, 0.15) is 17.8 Å². The quantitative estimate of drug-likeness (QED) is 0.465. The van der Waals surface area contributed by atoms with Gasteiger partial charge < -0.3 is 14.5 Å². The van der Waals surface area contributed by atoms with E-state index in [9.17, 15) is 9.18 Å². The van der Waals surface area contributed by atoms with Crippen molar-refractivity contribution in [2.24, 2.45) is 0 Å². The standard InChI is InChI=1S/C24H24FN7O/c1-14(2)32-13-27-30-23(32)19-9-8-18(25)21(29-19)24(33)28-17-7-4-15(3)20(12-17)31-11-10-26-22(31)16-5-6-16/h4,7-14,16H,5-6H2,1-3H3,(H,28,33). The highest BCUT2D eigenvalue weighted by Gasteiger charge is 2.28. The van der Waals surface area contributed by atoms with Gasteiger partial charge >= 0.3 is 0 Å². The molecule has 168 valence electrons. The number of benzene rings is 1. The van der Waals surface area contributed by atoms with Crippen molar-refractivity contribution in [3.05, 3.63) is 72.0 Å². The zero-order chi connectivity index (χ0) is 23.1. The summed E-state index contributed by atoms with van der Waals surface area (Å²) >= 11 is 0. The Bertz CT molecular complexity index is 1340. The van der Waals surface area contributed by atoms with Crippen molar-refractivity contribution in [2.75, 3.05) is 5.32 Å². The van der Waals surface area contributed by atoms with E-state index in [0.29, 0.717) is 23.1 Å². The Morgan fingerprint density at radius 2 is 2.03 bits per heavy atom. The van der Waals surface area contributed by atoms with Gasteiger partial charge in [0.05, 0.1) is 5.69 Å². The van der Waals surface area contributed by atoms with Crippen molar-refractivity contribution < 1.29 is 9.18 Å². The van der Waals surface area contributed by atoms with E-state index in [4.69, 9.17) is 0 Å². The van der Waals surface area contributed by atoms with Crippen molar-refractivity contribution in [1.82, 2.24) is 29.3 Å². The molecule has 0 aliphatic heterocycles. The van der Waals surface area contributed by atoms with E-state index in [1.165, 1.54) is 12.1 Å². The number of nitrogens with one attached hydrogen (secondary N) is 1. The normalized spacial score (nSPS) is 13.5. The fourth-order valence-corrected chi connectivity index (χ4v) is 3.83. The molecule has 0 unspecified atom stereocenters. The van der Waals surface area contributed by atoms with Gasteiger partial charge in [0.15, 0.2) is 17.3 Å². The smallest absolute Gasteiger partial charge is 0.277 e. The number of pyridine rings is 1. The van der Waals surface area contributed by atoms with Crippen molar-refractivity contribution in [1.29, 1.82) is 0 Å². The number of imidazole rings is 1. The van der Waals surface area contributed by atoms with Crippen LogP contribution in [-0.2, 0) is 0 Å². The molecule has 1 saturated carbocycles. The molecule has 0 saturated heterocycles. The first-order chi connectivity index (χ1) is 15.9. The Labute approximate surface area is 190 Å². The van der Waals surface area contributed by atoms with E-state index in [2.05, 4.69) is 30.0 Å². The second kappa shape index (κ2) is 8.23. The van der Waals surface area contributed by atoms with Crippen LogP contribution in [-0.4, -0.2) is 35.2 Å². The number of amides is 1. The van der Waals surface area contributed by atoms with Crippen LogP contribution in [0.1, 0.15) is 60.5 Å². The predicted molar refractivity (Wildman–Crippen MR) is 122 cm³/mol. The SMILES string of the molecule is Cc1ccc(NC(=O)c2nc(-c3nncn3C(C)C)ccc2F)cc1-n1ccnc1C1CC1. The fourth-order valence-electron chi connectivity index (χ4n) is 3.83. The minimum atomic E-state index is -0.704. The summed E-state index contributed by atoms with van der Waals surface area (Å²) in [5, 5.41) is 10.8. The first-order valence-corrected chi connectivity index (χ1v) is 10.9. The molecule has 3 heterocycles. The molecule has 0 atom stereocenters. The Morgan fingerprint density at radius 1 is 1.21 bits per heavy atom. The lowest BCUT2D eigenvalue weighted by Gasteiger charge is -2.14. The van der Waals surface area contributed by atoms with Crippen LogP contribution in [0.25, 0.3) is 17.2 Å². The highest BCUT2D eigenvalue weighted by atomic mass is 19.1. The first kappa shape index (κ1) is 21.0. The molecule has 33 heavy (non-hydrogen) atoms. The molecule has 0 radical (unpaired) electrons. The summed E-state index contributed by atoms with van der Waals surface area (Å²) in [5.74, 6) is 0.643. The summed E-state index contributed by atoms with van der Waals surface area (Å²) in [4.78, 5) is 21.7. The monoisotopic (exact) mass is 445 g/mol. The van der Waals surface area contributed by atoms with E-state index in [1.807, 2.05) is 43.7 Å². The zero-order valence-corrected chi connectivity index (χ0v) is 18.7. The summed E-state index contributed by atoms with van der Waals surface area (Å²) in [6, 6.07) is 8.41. The molecule has 1 fully saturated rings. The maximum Gasteiger partial charge on any atom is 0.277 e. The lowest BCUT2D eigenvalue weighted by Crippen LogP contribution is -2.17. The van der Waals surface area contributed by atoms with Crippen molar-refractivity contribution in [2.45, 2.75) is 45.6 Å². The average molecular weight is 446 g/mol. The number of hydrogen-bond acceptors (Lipinski definition) is 5. The number of aromatic nitrogens is 6. The summed E-state index contributed by atoms with van der Waals surface area (Å²) < 4.78 is 18.4. The molecule has 3 aromatic heterocycles.